The van der Waals surface area contributed by atoms with Crippen LogP contribution in [0.25, 0.3) is 0 Å². The van der Waals surface area contributed by atoms with E-state index in [1.54, 1.807) is 0 Å². The lowest BCUT2D eigenvalue weighted by Gasteiger charge is -2.24. The van der Waals surface area contributed by atoms with Gasteiger partial charge in [-0.05, 0) is 37.7 Å². The molecule has 0 spiro atoms. The van der Waals surface area contributed by atoms with Crippen molar-refractivity contribution in [2.45, 2.75) is 43.6 Å². The van der Waals surface area contributed by atoms with Gasteiger partial charge in [0.05, 0.1) is 12.2 Å². The predicted octanol–water partition coefficient (Wildman–Crippen LogP) is 2.83. The molecule has 0 radical (unpaired) electrons. The Morgan fingerprint density at radius 2 is 2.12 bits per heavy atom. The Hall–Kier alpha value is -2.30. The van der Waals surface area contributed by atoms with Crippen LogP contribution in [0, 0.1) is 0 Å². The summed E-state index contributed by atoms with van der Waals surface area (Å²) in [6.07, 6.45) is 7.30. The Kier molecular flexibility index (Phi) is 3.79. The first-order valence-electron chi connectivity index (χ1n) is 8.79. The number of hydrogen-bond donors (Lipinski definition) is 2. The first-order valence-corrected chi connectivity index (χ1v) is 8.79. The average molecular weight is 324 g/mol. The molecule has 126 valence electrons. The molecule has 2 aliphatic rings. The molecule has 0 bridgehead atoms. The van der Waals surface area contributed by atoms with Crippen molar-refractivity contribution < 1.29 is 4.79 Å². The maximum atomic E-state index is 12.4. The van der Waals surface area contributed by atoms with Gasteiger partial charge >= 0.3 is 6.03 Å². The van der Waals surface area contributed by atoms with Crippen molar-refractivity contribution in [2.24, 2.45) is 7.05 Å². The molecule has 0 aliphatic heterocycles. The molecule has 2 amide bonds. The highest BCUT2D eigenvalue weighted by Gasteiger charge is 2.44. The molecule has 0 saturated heterocycles. The number of carbonyl (C=O) groups excluding carboxylic acids is 1. The molecule has 1 aromatic heterocycles. The molecular formula is C19H24N4O. The van der Waals surface area contributed by atoms with Crippen LogP contribution in [0.2, 0.25) is 0 Å². The third-order valence-corrected chi connectivity index (χ3v) is 5.51. The van der Waals surface area contributed by atoms with Crippen LogP contribution >= 0.6 is 0 Å². The number of urea groups is 1. The minimum atomic E-state index is -0.0705. The average Bonchev–Trinajstić information content (AvgIpc) is 3.32. The van der Waals surface area contributed by atoms with E-state index in [1.165, 1.54) is 16.8 Å². The van der Waals surface area contributed by atoms with E-state index in [4.69, 9.17) is 0 Å². The van der Waals surface area contributed by atoms with Crippen molar-refractivity contribution in [2.75, 3.05) is 6.54 Å². The fourth-order valence-electron chi connectivity index (χ4n) is 3.82. The van der Waals surface area contributed by atoms with E-state index in [9.17, 15) is 4.79 Å². The lowest BCUT2D eigenvalue weighted by atomic mass is 9.93. The summed E-state index contributed by atoms with van der Waals surface area (Å²) in [6, 6.07) is 10.5. The molecule has 1 aromatic carbocycles. The van der Waals surface area contributed by atoms with Gasteiger partial charge in [-0.1, -0.05) is 30.3 Å². The van der Waals surface area contributed by atoms with Crippen molar-refractivity contribution >= 4 is 6.03 Å². The minimum absolute atomic E-state index is 0.0705. The molecule has 1 atom stereocenters. The SMILES string of the molecule is Cn1ncc2c1CCC[C@@H]2NC(=O)NCC1(c2ccccc2)CC1. The quantitative estimate of drug-likeness (QED) is 0.908. The molecule has 5 heteroatoms. The van der Waals surface area contributed by atoms with Gasteiger partial charge in [0.1, 0.15) is 0 Å². The second-order valence-corrected chi connectivity index (χ2v) is 7.09. The number of fused-ring (bicyclic) bond motifs is 1. The maximum Gasteiger partial charge on any atom is 0.315 e. The van der Waals surface area contributed by atoms with E-state index < -0.39 is 0 Å². The zero-order valence-corrected chi connectivity index (χ0v) is 14.1. The summed E-state index contributed by atoms with van der Waals surface area (Å²) in [5.41, 5.74) is 3.89. The van der Waals surface area contributed by atoms with Crippen molar-refractivity contribution in [3.63, 3.8) is 0 Å². The van der Waals surface area contributed by atoms with Crippen LogP contribution in [0.15, 0.2) is 36.5 Å². The van der Waals surface area contributed by atoms with Crippen LogP contribution in [0.1, 0.15) is 48.5 Å². The van der Waals surface area contributed by atoms with Gasteiger partial charge in [0.15, 0.2) is 0 Å². The largest absolute Gasteiger partial charge is 0.337 e. The van der Waals surface area contributed by atoms with Crippen molar-refractivity contribution in [3.05, 3.63) is 53.3 Å². The van der Waals surface area contributed by atoms with Gasteiger partial charge in [-0.15, -0.1) is 0 Å². The minimum Gasteiger partial charge on any atom is -0.337 e. The summed E-state index contributed by atoms with van der Waals surface area (Å²) < 4.78 is 1.93. The number of nitrogens with zero attached hydrogens (tertiary/aromatic N) is 2. The summed E-state index contributed by atoms with van der Waals surface area (Å²) in [6.45, 7) is 0.704. The van der Waals surface area contributed by atoms with E-state index in [1.807, 2.05) is 24.0 Å². The van der Waals surface area contributed by atoms with E-state index in [2.05, 4.69) is 40.0 Å². The van der Waals surface area contributed by atoms with Gasteiger partial charge in [-0.25, -0.2) is 4.79 Å². The number of benzene rings is 1. The van der Waals surface area contributed by atoms with Crippen molar-refractivity contribution in [1.29, 1.82) is 0 Å². The van der Waals surface area contributed by atoms with Gasteiger partial charge in [0.25, 0.3) is 0 Å². The molecule has 1 heterocycles. The Balaban J connectivity index is 1.37. The number of aromatic nitrogens is 2. The third-order valence-electron chi connectivity index (χ3n) is 5.51. The van der Waals surface area contributed by atoms with Gasteiger partial charge in [0.2, 0.25) is 0 Å². The lowest BCUT2D eigenvalue weighted by Crippen LogP contribution is -2.42. The zero-order valence-electron chi connectivity index (χ0n) is 14.1. The maximum absolute atomic E-state index is 12.4. The molecule has 24 heavy (non-hydrogen) atoms. The van der Waals surface area contributed by atoms with Gasteiger partial charge in [-0.3, -0.25) is 4.68 Å². The second-order valence-electron chi connectivity index (χ2n) is 7.09. The zero-order chi connectivity index (χ0) is 16.6. The number of hydrogen-bond acceptors (Lipinski definition) is 2. The highest BCUT2D eigenvalue weighted by Crippen LogP contribution is 2.47. The van der Waals surface area contributed by atoms with E-state index in [-0.39, 0.29) is 17.5 Å². The van der Waals surface area contributed by atoms with Crippen LogP contribution in [0.3, 0.4) is 0 Å². The number of carbonyl (C=O) groups is 1. The van der Waals surface area contributed by atoms with Crippen molar-refractivity contribution in [3.8, 4) is 0 Å². The summed E-state index contributed by atoms with van der Waals surface area (Å²) in [7, 11) is 1.97. The third kappa shape index (κ3) is 2.79. The lowest BCUT2D eigenvalue weighted by molar-refractivity contribution is 0.234. The predicted molar refractivity (Wildman–Crippen MR) is 92.8 cm³/mol. The molecule has 4 rings (SSSR count). The second kappa shape index (κ2) is 5.96. The summed E-state index contributed by atoms with van der Waals surface area (Å²) in [5, 5.41) is 10.6. The van der Waals surface area contributed by atoms with E-state index >= 15 is 0 Å². The topological polar surface area (TPSA) is 59.0 Å². The van der Waals surface area contributed by atoms with Crippen LogP contribution < -0.4 is 10.6 Å². The molecule has 2 aliphatic carbocycles. The number of aryl methyl sites for hydroxylation is 1. The standard InChI is InChI=1S/C19H24N4O/c1-23-17-9-5-8-16(15(17)12-21-23)22-18(24)20-13-19(10-11-19)14-6-3-2-4-7-14/h2-4,6-7,12,16H,5,8-11,13H2,1H3,(H2,20,22,24)/t16-/m0/s1. The summed E-state index contributed by atoms with van der Waals surface area (Å²) >= 11 is 0. The first-order chi connectivity index (χ1) is 11.7. The molecular weight excluding hydrogens is 300 g/mol. The Labute approximate surface area is 142 Å². The number of amides is 2. The molecule has 1 fully saturated rings. The van der Waals surface area contributed by atoms with E-state index in [0.29, 0.717) is 6.54 Å². The molecule has 2 N–H and O–H groups in total. The Morgan fingerprint density at radius 3 is 2.88 bits per heavy atom. The fraction of sp³-hybridized carbons (Fsp3) is 0.474. The van der Waals surface area contributed by atoms with Crippen LogP contribution in [0.5, 0.6) is 0 Å². The molecule has 0 unspecified atom stereocenters. The highest BCUT2D eigenvalue weighted by molar-refractivity contribution is 5.74. The van der Waals surface area contributed by atoms with E-state index in [0.717, 1.165) is 32.1 Å². The monoisotopic (exact) mass is 324 g/mol. The van der Waals surface area contributed by atoms with Crippen LogP contribution in [-0.2, 0) is 18.9 Å². The Bertz CT molecular complexity index is 733. The normalized spacial score (nSPS) is 21.0. The smallest absolute Gasteiger partial charge is 0.315 e. The molecule has 1 saturated carbocycles. The number of nitrogens with one attached hydrogen (secondary N) is 2. The Morgan fingerprint density at radius 1 is 1.33 bits per heavy atom. The van der Waals surface area contributed by atoms with Crippen LogP contribution in [-0.4, -0.2) is 22.4 Å². The molecule has 2 aromatic rings. The van der Waals surface area contributed by atoms with Crippen molar-refractivity contribution in [1.82, 2.24) is 20.4 Å². The summed E-state index contributed by atoms with van der Waals surface area (Å²) in [4.78, 5) is 12.4. The molecule has 5 nitrogen and oxygen atoms in total. The van der Waals surface area contributed by atoms with Gasteiger partial charge in [-0.2, -0.15) is 5.10 Å². The van der Waals surface area contributed by atoms with Gasteiger partial charge < -0.3 is 10.6 Å². The van der Waals surface area contributed by atoms with Crippen LogP contribution in [0.4, 0.5) is 4.79 Å². The summed E-state index contributed by atoms with van der Waals surface area (Å²) in [5.74, 6) is 0. The first kappa shape index (κ1) is 15.2. The number of rotatable bonds is 4. The highest BCUT2D eigenvalue weighted by atomic mass is 16.2. The van der Waals surface area contributed by atoms with Gasteiger partial charge in [0, 0.05) is 30.3 Å². The fourth-order valence-corrected chi connectivity index (χ4v) is 3.82.